The molecule has 2 fully saturated rings. The molecule has 1 aliphatic carbocycles. The average Bonchev–Trinajstić information content (AvgIpc) is 3.15. The Labute approximate surface area is 309 Å². The topological polar surface area (TPSA) is 112 Å². The van der Waals surface area contributed by atoms with E-state index in [4.69, 9.17) is 21.1 Å². The standard InChI is InChI=1S/C41H57ClN6O3/c1-5-50-37-23-34-32(22-35(37)47-39(49)15-14-20-48(3)4)40(30(25-43)27-44-34)46-31-16-17-36(33(42)21-31)51-28-38-41(24-29(2)26-45-38)18-12-10-8-6-7-9-11-13-19-41/h16-17,21-23,27,29,38,45H,5-15,18-20,24,26,28H2,1-4H3,(H,44,46)(H,47,49). The Morgan fingerprint density at radius 2 is 1.78 bits per heavy atom. The molecular weight excluding hydrogens is 660 g/mol. The number of pyridine rings is 1. The fourth-order valence-corrected chi connectivity index (χ4v) is 8.23. The van der Waals surface area contributed by atoms with Crippen molar-refractivity contribution in [3.05, 3.63) is 47.1 Å². The van der Waals surface area contributed by atoms with Crippen molar-refractivity contribution in [1.82, 2.24) is 15.2 Å². The van der Waals surface area contributed by atoms with E-state index in [1.54, 1.807) is 12.3 Å². The molecule has 51 heavy (non-hydrogen) atoms. The minimum absolute atomic E-state index is 0.0989. The molecule has 0 bridgehead atoms. The van der Waals surface area contributed by atoms with Crippen LogP contribution in [0.3, 0.4) is 0 Å². The van der Waals surface area contributed by atoms with Crippen LogP contribution in [0.15, 0.2) is 36.5 Å². The summed E-state index contributed by atoms with van der Waals surface area (Å²) in [6.07, 6.45) is 17.1. The van der Waals surface area contributed by atoms with Crippen LogP contribution < -0.4 is 25.4 Å². The molecule has 2 atom stereocenters. The van der Waals surface area contributed by atoms with Gasteiger partial charge in [-0.2, -0.15) is 5.26 Å². The van der Waals surface area contributed by atoms with Gasteiger partial charge >= 0.3 is 0 Å². The third-order valence-corrected chi connectivity index (χ3v) is 10.9. The lowest BCUT2D eigenvalue weighted by Gasteiger charge is -2.47. The number of nitrogens with zero attached hydrogens (tertiary/aromatic N) is 3. The summed E-state index contributed by atoms with van der Waals surface area (Å²) in [6.45, 7) is 7.12. The van der Waals surface area contributed by atoms with Crippen molar-refractivity contribution >= 4 is 45.5 Å². The van der Waals surface area contributed by atoms with Crippen molar-refractivity contribution in [2.24, 2.45) is 11.3 Å². The van der Waals surface area contributed by atoms with Gasteiger partial charge in [0.25, 0.3) is 0 Å². The molecule has 276 valence electrons. The van der Waals surface area contributed by atoms with Gasteiger partial charge in [-0.25, -0.2) is 0 Å². The summed E-state index contributed by atoms with van der Waals surface area (Å²) in [7, 11) is 3.98. The van der Waals surface area contributed by atoms with Gasteiger partial charge < -0.3 is 30.3 Å². The summed E-state index contributed by atoms with van der Waals surface area (Å²) < 4.78 is 12.4. The maximum Gasteiger partial charge on any atom is 0.224 e. The summed E-state index contributed by atoms with van der Waals surface area (Å²) in [5.74, 6) is 1.74. The first-order chi connectivity index (χ1) is 24.7. The van der Waals surface area contributed by atoms with Crippen molar-refractivity contribution in [2.75, 3.05) is 51.0 Å². The van der Waals surface area contributed by atoms with E-state index >= 15 is 0 Å². The molecule has 1 saturated carbocycles. The van der Waals surface area contributed by atoms with Crippen LogP contribution in [0.25, 0.3) is 10.9 Å². The maximum absolute atomic E-state index is 12.9. The van der Waals surface area contributed by atoms with Gasteiger partial charge in [-0.05, 0) is 95.4 Å². The normalized spacial score (nSPS) is 19.6. The van der Waals surface area contributed by atoms with Crippen LogP contribution in [0, 0.1) is 22.7 Å². The molecule has 1 saturated heterocycles. The lowest BCUT2D eigenvalue weighted by Crippen LogP contribution is -2.55. The van der Waals surface area contributed by atoms with Crippen molar-refractivity contribution < 1.29 is 14.3 Å². The van der Waals surface area contributed by atoms with E-state index in [0.29, 0.717) is 75.6 Å². The number of benzene rings is 2. The fraction of sp³-hybridized carbons (Fsp3) is 0.585. The van der Waals surface area contributed by atoms with Crippen LogP contribution in [0.4, 0.5) is 17.1 Å². The number of anilines is 3. The average molecular weight is 717 g/mol. The SMILES string of the molecule is CCOc1cc2ncc(C#N)c(Nc3ccc(OCC4NCC(C)CC45CCCCCCCCCC5)c(Cl)c3)c2cc1NC(=O)CCCN(C)C. The first-order valence-electron chi connectivity index (χ1n) is 19.1. The van der Waals surface area contributed by atoms with Crippen molar-refractivity contribution in [2.45, 2.75) is 103 Å². The second kappa shape index (κ2) is 18.8. The Balaban J connectivity index is 1.34. The van der Waals surface area contributed by atoms with Crippen LogP contribution in [-0.4, -0.2) is 62.2 Å². The number of piperidine rings is 1. The predicted octanol–water partition coefficient (Wildman–Crippen LogP) is 9.46. The highest BCUT2D eigenvalue weighted by Crippen LogP contribution is 2.45. The number of carbonyl (C=O) groups excluding carboxylic acids is 1. The van der Waals surface area contributed by atoms with Crippen LogP contribution in [0.5, 0.6) is 11.5 Å². The van der Waals surface area contributed by atoms with E-state index in [2.05, 4.69) is 38.8 Å². The number of carbonyl (C=O) groups is 1. The smallest absolute Gasteiger partial charge is 0.224 e. The quantitative estimate of drug-likeness (QED) is 0.170. The zero-order chi connectivity index (χ0) is 36.2. The van der Waals surface area contributed by atoms with Gasteiger partial charge in [0.1, 0.15) is 24.2 Å². The second-order valence-electron chi connectivity index (χ2n) is 15.0. The lowest BCUT2D eigenvalue weighted by molar-refractivity contribution is -0.116. The van der Waals surface area contributed by atoms with E-state index in [-0.39, 0.29) is 17.4 Å². The molecule has 9 nitrogen and oxygen atoms in total. The van der Waals surface area contributed by atoms with Gasteiger partial charge in [0.15, 0.2) is 0 Å². The highest BCUT2D eigenvalue weighted by molar-refractivity contribution is 6.32. The Morgan fingerprint density at radius 1 is 1.06 bits per heavy atom. The molecular formula is C41H57ClN6O3. The number of hydrogen-bond donors (Lipinski definition) is 3. The lowest BCUT2D eigenvalue weighted by atomic mass is 9.65. The molecule has 1 aromatic heterocycles. The molecule has 2 aliphatic rings. The van der Waals surface area contributed by atoms with Gasteiger partial charge in [0.2, 0.25) is 5.91 Å². The molecule has 10 heteroatoms. The summed E-state index contributed by atoms with van der Waals surface area (Å²) >= 11 is 6.88. The van der Waals surface area contributed by atoms with E-state index < -0.39 is 0 Å². The first kappa shape index (κ1) is 38.6. The highest BCUT2D eigenvalue weighted by atomic mass is 35.5. The maximum atomic E-state index is 12.9. The van der Waals surface area contributed by atoms with E-state index in [1.165, 1.54) is 70.6 Å². The fourth-order valence-electron chi connectivity index (χ4n) is 7.99. The Kier molecular flexibility index (Phi) is 14.2. The zero-order valence-corrected chi connectivity index (χ0v) is 31.8. The zero-order valence-electron chi connectivity index (χ0n) is 31.1. The molecule has 1 aliphatic heterocycles. The first-order valence-corrected chi connectivity index (χ1v) is 19.5. The van der Waals surface area contributed by atoms with Gasteiger partial charge in [-0.15, -0.1) is 0 Å². The number of halogens is 1. The van der Waals surface area contributed by atoms with Gasteiger partial charge in [0, 0.05) is 35.8 Å². The van der Waals surface area contributed by atoms with E-state index in [0.717, 1.165) is 19.5 Å². The number of ether oxygens (including phenoxy) is 2. The molecule has 3 N–H and O–H groups in total. The third-order valence-electron chi connectivity index (χ3n) is 10.6. The molecule has 3 aromatic rings. The Morgan fingerprint density at radius 3 is 2.45 bits per heavy atom. The number of nitriles is 1. The number of amides is 1. The monoisotopic (exact) mass is 716 g/mol. The Hall–Kier alpha value is -3.58. The van der Waals surface area contributed by atoms with Gasteiger partial charge in [-0.3, -0.25) is 9.78 Å². The number of hydrogen-bond acceptors (Lipinski definition) is 8. The minimum Gasteiger partial charge on any atom is -0.492 e. The predicted molar refractivity (Wildman–Crippen MR) is 208 cm³/mol. The highest BCUT2D eigenvalue weighted by Gasteiger charge is 2.42. The summed E-state index contributed by atoms with van der Waals surface area (Å²) in [5.41, 5.74) is 3.08. The van der Waals surface area contributed by atoms with E-state index in [1.807, 2.05) is 45.3 Å². The van der Waals surface area contributed by atoms with Crippen molar-refractivity contribution in [3.63, 3.8) is 0 Å². The van der Waals surface area contributed by atoms with Gasteiger partial charge in [-0.1, -0.05) is 69.9 Å². The molecule has 0 radical (unpaired) electrons. The summed E-state index contributed by atoms with van der Waals surface area (Å²) in [5, 5.41) is 21.6. The van der Waals surface area contributed by atoms with Crippen molar-refractivity contribution in [1.29, 1.82) is 5.26 Å². The molecule has 1 amide bonds. The van der Waals surface area contributed by atoms with Crippen LogP contribution in [0.1, 0.15) is 103 Å². The van der Waals surface area contributed by atoms with E-state index in [9.17, 15) is 10.1 Å². The van der Waals surface area contributed by atoms with Crippen molar-refractivity contribution in [3.8, 4) is 17.6 Å². The summed E-state index contributed by atoms with van der Waals surface area (Å²) in [4.78, 5) is 19.5. The van der Waals surface area contributed by atoms with Crippen LogP contribution in [0.2, 0.25) is 5.02 Å². The molecule has 1 spiro atoms. The molecule has 2 aromatic carbocycles. The molecule has 2 unspecified atom stereocenters. The summed E-state index contributed by atoms with van der Waals surface area (Å²) in [6, 6.07) is 11.9. The minimum atomic E-state index is -0.0989. The van der Waals surface area contributed by atoms with Crippen LogP contribution >= 0.6 is 11.6 Å². The Bertz CT molecular complexity index is 1640. The number of rotatable bonds is 12. The molecule has 5 rings (SSSR count). The molecule has 2 heterocycles. The number of aromatic nitrogens is 1. The largest absolute Gasteiger partial charge is 0.492 e. The van der Waals surface area contributed by atoms with Gasteiger partial charge in [0.05, 0.1) is 34.1 Å². The second-order valence-corrected chi connectivity index (χ2v) is 15.4. The number of fused-ring (bicyclic) bond motifs is 1. The van der Waals surface area contributed by atoms with Crippen LogP contribution in [-0.2, 0) is 4.79 Å². The number of nitrogens with one attached hydrogen (secondary N) is 3. The third kappa shape index (κ3) is 10.5.